The van der Waals surface area contributed by atoms with Gasteiger partial charge in [-0.3, -0.25) is 4.90 Å². The molecule has 25 heavy (non-hydrogen) atoms. The number of hydrogen-bond acceptors (Lipinski definition) is 4. The standard InChI is InChI=1S/C17H19F4N3O/c1-10-13(16-23-22-11(2)25-16)4-3-7-24(10)9-12-5-6-15(18)14(8-12)17(19,20)21/h5-6,8,10,13H,3-4,7,9H2,1-2H3/t10-,13-/m0/s1. The zero-order valence-electron chi connectivity index (χ0n) is 14.0. The van der Waals surface area contributed by atoms with Crippen LogP contribution in [0.1, 0.15) is 48.6 Å². The summed E-state index contributed by atoms with van der Waals surface area (Å²) in [4.78, 5) is 2.07. The fourth-order valence-electron chi connectivity index (χ4n) is 3.35. The lowest BCUT2D eigenvalue weighted by molar-refractivity contribution is -0.140. The monoisotopic (exact) mass is 357 g/mol. The highest BCUT2D eigenvalue weighted by Crippen LogP contribution is 2.35. The van der Waals surface area contributed by atoms with Crippen LogP contribution in [0.3, 0.4) is 0 Å². The summed E-state index contributed by atoms with van der Waals surface area (Å²) in [5.41, 5.74) is -0.790. The Morgan fingerprint density at radius 1 is 1.28 bits per heavy atom. The fourth-order valence-corrected chi connectivity index (χ4v) is 3.35. The average molecular weight is 357 g/mol. The van der Waals surface area contributed by atoms with Gasteiger partial charge in [0.05, 0.1) is 11.5 Å². The number of hydrogen-bond donors (Lipinski definition) is 0. The Balaban J connectivity index is 1.78. The maximum Gasteiger partial charge on any atom is 0.419 e. The van der Waals surface area contributed by atoms with Gasteiger partial charge in [0.15, 0.2) is 0 Å². The Kier molecular flexibility index (Phi) is 4.81. The van der Waals surface area contributed by atoms with Crippen LogP contribution in [0.15, 0.2) is 22.6 Å². The third-order valence-corrected chi connectivity index (χ3v) is 4.70. The molecule has 2 atom stereocenters. The Morgan fingerprint density at radius 2 is 2.04 bits per heavy atom. The van der Waals surface area contributed by atoms with Gasteiger partial charge >= 0.3 is 6.18 Å². The molecule has 0 unspecified atom stereocenters. The zero-order valence-corrected chi connectivity index (χ0v) is 14.0. The highest BCUT2D eigenvalue weighted by atomic mass is 19.4. The van der Waals surface area contributed by atoms with E-state index in [0.717, 1.165) is 31.5 Å². The topological polar surface area (TPSA) is 42.2 Å². The molecule has 1 aliphatic heterocycles. The SMILES string of the molecule is Cc1nnc([C@H]2CCCN(Cc3ccc(F)c(C(F)(F)F)c3)[C@H]2C)o1. The summed E-state index contributed by atoms with van der Waals surface area (Å²) < 4.78 is 57.6. The molecule has 2 heterocycles. The zero-order chi connectivity index (χ0) is 18.2. The molecule has 0 radical (unpaired) electrons. The van der Waals surface area contributed by atoms with E-state index in [4.69, 9.17) is 4.42 Å². The van der Waals surface area contributed by atoms with Crippen LogP contribution in [-0.2, 0) is 12.7 Å². The lowest BCUT2D eigenvalue weighted by Crippen LogP contribution is -2.41. The predicted molar refractivity (Wildman–Crippen MR) is 82.3 cm³/mol. The molecule has 3 rings (SSSR count). The first-order valence-corrected chi connectivity index (χ1v) is 8.15. The van der Waals surface area contributed by atoms with E-state index in [1.54, 1.807) is 6.92 Å². The fraction of sp³-hybridized carbons (Fsp3) is 0.529. The third kappa shape index (κ3) is 3.84. The van der Waals surface area contributed by atoms with Crippen molar-refractivity contribution in [2.75, 3.05) is 6.54 Å². The lowest BCUT2D eigenvalue weighted by atomic mass is 9.89. The largest absolute Gasteiger partial charge is 0.425 e. The highest BCUT2D eigenvalue weighted by Gasteiger charge is 2.35. The molecule has 1 saturated heterocycles. The number of likely N-dealkylation sites (tertiary alicyclic amines) is 1. The molecule has 1 aromatic heterocycles. The quantitative estimate of drug-likeness (QED) is 0.768. The van der Waals surface area contributed by atoms with Crippen molar-refractivity contribution >= 4 is 0 Å². The molecule has 1 aromatic carbocycles. The first kappa shape index (κ1) is 17.8. The van der Waals surface area contributed by atoms with Crippen molar-refractivity contribution in [3.05, 3.63) is 46.9 Å². The minimum Gasteiger partial charge on any atom is -0.425 e. The van der Waals surface area contributed by atoms with Gasteiger partial charge in [0.1, 0.15) is 5.82 Å². The smallest absolute Gasteiger partial charge is 0.419 e. The maximum absolute atomic E-state index is 13.4. The molecular weight excluding hydrogens is 338 g/mol. The van der Waals surface area contributed by atoms with Crippen molar-refractivity contribution in [3.8, 4) is 0 Å². The maximum atomic E-state index is 13.4. The van der Waals surface area contributed by atoms with E-state index in [-0.39, 0.29) is 12.0 Å². The van der Waals surface area contributed by atoms with E-state index in [1.165, 1.54) is 6.07 Å². The van der Waals surface area contributed by atoms with E-state index in [0.29, 0.717) is 23.9 Å². The molecular formula is C17H19F4N3O. The Bertz CT molecular complexity index is 744. The minimum atomic E-state index is -4.70. The van der Waals surface area contributed by atoms with E-state index in [1.807, 2.05) is 6.92 Å². The van der Waals surface area contributed by atoms with Crippen LogP contribution in [0, 0.1) is 12.7 Å². The molecule has 0 spiro atoms. The molecule has 0 bridgehead atoms. The number of alkyl halides is 3. The summed E-state index contributed by atoms with van der Waals surface area (Å²) in [7, 11) is 0. The second-order valence-corrected chi connectivity index (χ2v) is 6.43. The summed E-state index contributed by atoms with van der Waals surface area (Å²) in [6, 6.07) is 3.21. The third-order valence-electron chi connectivity index (χ3n) is 4.70. The van der Waals surface area contributed by atoms with Crippen LogP contribution in [0.5, 0.6) is 0 Å². The number of nitrogens with zero attached hydrogens (tertiary/aromatic N) is 3. The molecule has 4 nitrogen and oxygen atoms in total. The predicted octanol–water partition coefficient (Wildman–Crippen LogP) is 4.30. The van der Waals surface area contributed by atoms with Gasteiger partial charge in [-0.05, 0) is 44.0 Å². The Hall–Kier alpha value is -1.96. The highest BCUT2D eigenvalue weighted by molar-refractivity contribution is 5.27. The van der Waals surface area contributed by atoms with E-state index in [9.17, 15) is 17.6 Å². The number of benzene rings is 1. The molecule has 2 aromatic rings. The lowest BCUT2D eigenvalue weighted by Gasteiger charge is -2.38. The second kappa shape index (κ2) is 6.74. The van der Waals surface area contributed by atoms with Crippen LogP contribution in [0.2, 0.25) is 0 Å². The molecule has 0 aliphatic carbocycles. The average Bonchev–Trinajstić information content (AvgIpc) is 2.96. The summed E-state index contributed by atoms with van der Waals surface area (Å²) in [6.45, 7) is 4.79. The van der Waals surface area contributed by atoms with Crippen molar-refractivity contribution in [3.63, 3.8) is 0 Å². The number of piperidine rings is 1. The van der Waals surface area contributed by atoms with Crippen LogP contribution in [0.4, 0.5) is 17.6 Å². The Morgan fingerprint density at radius 3 is 2.68 bits per heavy atom. The molecule has 1 fully saturated rings. The number of rotatable bonds is 3. The molecule has 0 amide bonds. The minimum absolute atomic E-state index is 0.0352. The second-order valence-electron chi connectivity index (χ2n) is 6.43. The van der Waals surface area contributed by atoms with Gasteiger partial charge < -0.3 is 4.42 Å². The van der Waals surface area contributed by atoms with Crippen molar-refractivity contribution in [1.82, 2.24) is 15.1 Å². The van der Waals surface area contributed by atoms with Crippen LogP contribution in [-0.4, -0.2) is 27.7 Å². The summed E-state index contributed by atoms with van der Waals surface area (Å²) in [5.74, 6) is -0.155. The number of aryl methyl sites for hydroxylation is 1. The first-order valence-electron chi connectivity index (χ1n) is 8.15. The van der Waals surface area contributed by atoms with Crippen molar-refractivity contribution < 1.29 is 22.0 Å². The van der Waals surface area contributed by atoms with Gasteiger partial charge in [0, 0.05) is 19.5 Å². The molecule has 136 valence electrons. The molecule has 0 N–H and O–H groups in total. The Labute approximate surface area is 142 Å². The van der Waals surface area contributed by atoms with Gasteiger partial charge in [0.25, 0.3) is 0 Å². The van der Waals surface area contributed by atoms with Gasteiger partial charge in [-0.2, -0.15) is 13.2 Å². The molecule has 1 aliphatic rings. The van der Waals surface area contributed by atoms with Crippen molar-refractivity contribution in [2.24, 2.45) is 0 Å². The summed E-state index contributed by atoms with van der Waals surface area (Å²) in [6.07, 6.45) is -2.93. The van der Waals surface area contributed by atoms with Gasteiger partial charge in [-0.15, -0.1) is 10.2 Å². The normalized spacial score (nSPS) is 22.3. The van der Waals surface area contributed by atoms with Gasteiger partial charge in [0.2, 0.25) is 11.8 Å². The number of aromatic nitrogens is 2. The summed E-state index contributed by atoms with van der Waals surface area (Å²) in [5, 5.41) is 7.93. The summed E-state index contributed by atoms with van der Waals surface area (Å²) >= 11 is 0. The molecule has 8 heteroatoms. The van der Waals surface area contributed by atoms with Crippen LogP contribution in [0.25, 0.3) is 0 Å². The number of halogens is 4. The van der Waals surface area contributed by atoms with Crippen LogP contribution < -0.4 is 0 Å². The van der Waals surface area contributed by atoms with E-state index in [2.05, 4.69) is 15.1 Å². The van der Waals surface area contributed by atoms with E-state index >= 15 is 0 Å². The van der Waals surface area contributed by atoms with Crippen LogP contribution >= 0.6 is 0 Å². The van der Waals surface area contributed by atoms with Gasteiger partial charge in [-0.1, -0.05) is 6.07 Å². The van der Waals surface area contributed by atoms with E-state index < -0.39 is 17.6 Å². The van der Waals surface area contributed by atoms with Gasteiger partial charge in [-0.25, -0.2) is 4.39 Å². The first-order chi connectivity index (χ1) is 11.8. The van der Waals surface area contributed by atoms with Crippen molar-refractivity contribution in [2.45, 2.75) is 51.4 Å². The van der Waals surface area contributed by atoms with Crippen molar-refractivity contribution in [1.29, 1.82) is 0 Å². The molecule has 0 saturated carbocycles.